The monoisotopic (exact) mass is 372 g/mol. The molecule has 5 nitrogen and oxygen atoms in total. The van der Waals surface area contributed by atoms with Gasteiger partial charge in [-0.3, -0.25) is 9.59 Å². The Bertz CT molecular complexity index is 792. The van der Waals surface area contributed by atoms with E-state index in [4.69, 9.17) is 11.6 Å². The summed E-state index contributed by atoms with van der Waals surface area (Å²) in [6.45, 7) is 1.92. The summed E-state index contributed by atoms with van der Waals surface area (Å²) in [6.07, 6.45) is 0.887. The molecule has 0 aromatic heterocycles. The van der Waals surface area contributed by atoms with Crippen LogP contribution in [0.3, 0.4) is 0 Å². The lowest BCUT2D eigenvalue weighted by molar-refractivity contribution is -0.862. The minimum Gasteiger partial charge on any atom is -0.333 e. The number of rotatable bonds is 5. The van der Waals surface area contributed by atoms with Crippen molar-refractivity contribution in [2.45, 2.75) is 13.0 Å². The van der Waals surface area contributed by atoms with Gasteiger partial charge in [-0.25, -0.2) is 0 Å². The minimum atomic E-state index is -0.124. The van der Waals surface area contributed by atoms with Crippen molar-refractivity contribution < 1.29 is 14.5 Å². The number of halogens is 1. The molecular weight excluding hydrogens is 350 g/mol. The minimum absolute atomic E-state index is 0.0799. The normalized spacial score (nSPS) is 14.5. The molecule has 1 unspecified atom stereocenters. The first kappa shape index (κ1) is 18.4. The number of fused-ring (bicyclic) bond motifs is 1. The van der Waals surface area contributed by atoms with Gasteiger partial charge >= 0.3 is 0 Å². The van der Waals surface area contributed by atoms with Crippen molar-refractivity contribution >= 4 is 29.1 Å². The molecule has 3 rings (SSSR count). The zero-order valence-electron chi connectivity index (χ0n) is 14.8. The number of nitrogens with one attached hydrogen (secondary N) is 2. The van der Waals surface area contributed by atoms with Crippen molar-refractivity contribution in [3.63, 3.8) is 0 Å². The van der Waals surface area contributed by atoms with Crippen LogP contribution in [0.1, 0.15) is 11.1 Å². The average molecular weight is 373 g/mol. The molecule has 0 fully saturated rings. The molecule has 0 radical (unpaired) electrons. The number of hydrogen-bond donors (Lipinski definition) is 2. The van der Waals surface area contributed by atoms with Crippen LogP contribution in [0, 0.1) is 0 Å². The van der Waals surface area contributed by atoms with E-state index in [0.29, 0.717) is 23.8 Å². The van der Waals surface area contributed by atoms with Crippen LogP contribution >= 0.6 is 11.6 Å². The number of amides is 2. The SMILES string of the molecule is C[NH+](CC(=O)Nc1ccc(Cl)cc1)CC(=O)N1CCc2ccccc2C1. The van der Waals surface area contributed by atoms with Gasteiger partial charge in [0.05, 0.1) is 7.05 Å². The van der Waals surface area contributed by atoms with Gasteiger partial charge in [0.25, 0.3) is 11.8 Å². The number of benzene rings is 2. The van der Waals surface area contributed by atoms with E-state index in [1.165, 1.54) is 11.1 Å². The van der Waals surface area contributed by atoms with Crippen molar-refractivity contribution in [2.24, 2.45) is 0 Å². The third-order valence-electron chi connectivity index (χ3n) is 4.53. The Morgan fingerprint density at radius 1 is 1.08 bits per heavy atom. The van der Waals surface area contributed by atoms with Crippen LogP contribution in [-0.4, -0.2) is 43.4 Å². The van der Waals surface area contributed by atoms with Crippen LogP contribution in [0.2, 0.25) is 5.02 Å². The van der Waals surface area contributed by atoms with E-state index in [-0.39, 0.29) is 18.4 Å². The first-order valence-electron chi connectivity index (χ1n) is 8.72. The molecule has 0 aliphatic carbocycles. The maximum absolute atomic E-state index is 12.6. The Labute approximate surface area is 158 Å². The third kappa shape index (κ3) is 4.84. The lowest BCUT2D eigenvalue weighted by Gasteiger charge is -2.29. The molecule has 2 amide bonds. The number of anilines is 1. The van der Waals surface area contributed by atoms with Crippen LogP contribution in [-0.2, 0) is 22.6 Å². The number of carbonyl (C=O) groups excluding carboxylic acids is 2. The summed E-state index contributed by atoms with van der Waals surface area (Å²) in [7, 11) is 1.86. The van der Waals surface area contributed by atoms with E-state index in [1.807, 2.05) is 24.1 Å². The van der Waals surface area contributed by atoms with Crippen LogP contribution in [0.5, 0.6) is 0 Å². The second kappa shape index (κ2) is 8.34. The van der Waals surface area contributed by atoms with Crippen molar-refractivity contribution in [1.29, 1.82) is 0 Å². The second-order valence-electron chi connectivity index (χ2n) is 6.70. The maximum Gasteiger partial charge on any atom is 0.279 e. The van der Waals surface area contributed by atoms with E-state index >= 15 is 0 Å². The molecule has 6 heteroatoms. The third-order valence-corrected chi connectivity index (χ3v) is 4.78. The van der Waals surface area contributed by atoms with E-state index in [0.717, 1.165) is 17.9 Å². The van der Waals surface area contributed by atoms with Gasteiger partial charge in [-0.05, 0) is 41.8 Å². The molecule has 136 valence electrons. The summed E-state index contributed by atoms with van der Waals surface area (Å²) in [4.78, 5) is 27.4. The Balaban J connectivity index is 1.48. The Hall–Kier alpha value is -2.37. The first-order valence-corrected chi connectivity index (χ1v) is 9.10. The Morgan fingerprint density at radius 2 is 1.77 bits per heavy atom. The molecule has 26 heavy (non-hydrogen) atoms. The number of hydrogen-bond acceptors (Lipinski definition) is 2. The predicted molar refractivity (Wildman–Crippen MR) is 102 cm³/mol. The average Bonchev–Trinajstić information content (AvgIpc) is 2.63. The summed E-state index contributed by atoms with van der Waals surface area (Å²) in [6, 6.07) is 15.2. The molecular formula is C20H23ClN3O2+. The van der Waals surface area contributed by atoms with E-state index in [9.17, 15) is 9.59 Å². The van der Waals surface area contributed by atoms with Gasteiger partial charge in [0.1, 0.15) is 0 Å². The van der Waals surface area contributed by atoms with Gasteiger partial charge in [0.15, 0.2) is 13.1 Å². The second-order valence-corrected chi connectivity index (χ2v) is 7.14. The van der Waals surface area contributed by atoms with Gasteiger partial charge in [0.2, 0.25) is 0 Å². The summed E-state index contributed by atoms with van der Waals surface area (Å²) in [5.41, 5.74) is 3.23. The van der Waals surface area contributed by atoms with Gasteiger partial charge in [-0.15, -0.1) is 0 Å². The van der Waals surface area contributed by atoms with Crippen molar-refractivity contribution in [2.75, 3.05) is 32.0 Å². The van der Waals surface area contributed by atoms with Crippen LogP contribution < -0.4 is 10.2 Å². The molecule has 1 aliphatic heterocycles. The molecule has 2 N–H and O–H groups in total. The van der Waals surface area contributed by atoms with Crippen molar-refractivity contribution in [3.8, 4) is 0 Å². The molecule has 0 bridgehead atoms. The lowest BCUT2D eigenvalue weighted by atomic mass is 10.00. The largest absolute Gasteiger partial charge is 0.333 e. The molecule has 2 aromatic carbocycles. The number of likely N-dealkylation sites (N-methyl/N-ethyl adjacent to an activating group) is 1. The summed E-state index contributed by atoms with van der Waals surface area (Å²) >= 11 is 5.84. The summed E-state index contributed by atoms with van der Waals surface area (Å²) < 4.78 is 0. The van der Waals surface area contributed by atoms with Crippen LogP contribution in [0.25, 0.3) is 0 Å². The fourth-order valence-corrected chi connectivity index (χ4v) is 3.28. The highest BCUT2D eigenvalue weighted by Gasteiger charge is 2.23. The Kier molecular flexibility index (Phi) is 5.91. The van der Waals surface area contributed by atoms with Crippen LogP contribution in [0.4, 0.5) is 5.69 Å². The molecule has 2 aromatic rings. The summed E-state index contributed by atoms with van der Waals surface area (Å²) in [5, 5.41) is 3.45. The zero-order chi connectivity index (χ0) is 18.5. The highest BCUT2D eigenvalue weighted by Crippen LogP contribution is 2.18. The topological polar surface area (TPSA) is 53.9 Å². The van der Waals surface area contributed by atoms with Crippen molar-refractivity contribution in [1.82, 2.24) is 4.90 Å². The number of carbonyl (C=O) groups is 2. The van der Waals surface area contributed by atoms with Crippen molar-refractivity contribution in [3.05, 3.63) is 64.7 Å². The van der Waals surface area contributed by atoms with Gasteiger partial charge in [-0.1, -0.05) is 35.9 Å². The Morgan fingerprint density at radius 3 is 2.50 bits per heavy atom. The first-order chi connectivity index (χ1) is 12.5. The molecule has 0 saturated heterocycles. The maximum atomic E-state index is 12.6. The lowest BCUT2D eigenvalue weighted by Crippen LogP contribution is -3.11. The summed E-state index contributed by atoms with van der Waals surface area (Å²) in [5.74, 6) is -0.0436. The quantitative estimate of drug-likeness (QED) is 0.833. The fourth-order valence-electron chi connectivity index (χ4n) is 3.15. The van der Waals surface area contributed by atoms with E-state index < -0.39 is 0 Å². The van der Waals surface area contributed by atoms with E-state index in [2.05, 4.69) is 17.4 Å². The smallest absolute Gasteiger partial charge is 0.279 e. The number of nitrogens with zero attached hydrogens (tertiary/aromatic N) is 1. The van der Waals surface area contributed by atoms with Gasteiger partial charge in [0, 0.05) is 23.8 Å². The zero-order valence-corrected chi connectivity index (χ0v) is 15.6. The highest BCUT2D eigenvalue weighted by molar-refractivity contribution is 6.30. The van der Waals surface area contributed by atoms with Gasteiger partial charge in [-0.2, -0.15) is 0 Å². The van der Waals surface area contributed by atoms with E-state index in [1.54, 1.807) is 24.3 Å². The fraction of sp³-hybridized carbons (Fsp3) is 0.300. The molecule has 0 saturated carbocycles. The molecule has 1 aliphatic rings. The molecule has 1 atom stereocenters. The van der Waals surface area contributed by atoms with Crippen LogP contribution in [0.15, 0.2) is 48.5 Å². The number of quaternary nitrogens is 1. The van der Waals surface area contributed by atoms with Gasteiger partial charge < -0.3 is 15.1 Å². The predicted octanol–water partition coefficient (Wildman–Crippen LogP) is 1.38. The molecule has 1 heterocycles. The standard InChI is InChI=1S/C20H22ClN3O2/c1-23(13-19(25)22-18-8-6-17(21)7-9-18)14-20(26)24-11-10-15-4-2-3-5-16(15)12-24/h2-9H,10-14H2,1H3,(H,22,25)/p+1. The molecule has 0 spiro atoms. The highest BCUT2D eigenvalue weighted by atomic mass is 35.5.